The van der Waals surface area contributed by atoms with E-state index in [2.05, 4.69) is 18.0 Å². The molecule has 0 aromatic heterocycles. The van der Waals surface area contributed by atoms with Crippen molar-refractivity contribution in [1.29, 1.82) is 0 Å². The lowest BCUT2D eigenvalue weighted by molar-refractivity contribution is -0.0108. The first-order valence-corrected chi connectivity index (χ1v) is 7.67. The van der Waals surface area contributed by atoms with Crippen LogP contribution in [0.3, 0.4) is 0 Å². The standard InChI is InChI=1S/C17H23NO/c1-18-7-6-14-4-2-12-9-17(14,11-18)10-13-3-5-15(19)8-16(12)13/h3,5,8,12,14,19H,2,4,6-7,9-11H2,1H3. The summed E-state index contributed by atoms with van der Waals surface area (Å²) in [5.41, 5.74) is 3.48. The van der Waals surface area contributed by atoms with E-state index < -0.39 is 0 Å². The van der Waals surface area contributed by atoms with E-state index in [1.165, 1.54) is 56.3 Å². The highest BCUT2D eigenvalue weighted by Gasteiger charge is 2.49. The predicted molar refractivity (Wildman–Crippen MR) is 76.4 cm³/mol. The second kappa shape index (κ2) is 3.99. The summed E-state index contributed by atoms with van der Waals surface area (Å²) < 4.78 is 0. The molecule has 2 fully saturated rings. The molecule has 0 radical (unpaired) electrons. The third-order valence-corrected chi connectivity index (χ3v) is 5.94. The molecular weight excluding hydrogens is 234 g/mol. The van der Waals surface area contributed by atoms with Gasteiger partial charge in [0.25, 0.3) is 0 Å². The number of hydrogen-bond acceptors (Lipinski definition) is 2. The van der Waals surface area contributed by atoms with Crippen LogP contribution in [0.2, 0.25) is 0 Å². The van der Waals surface area contributed by atoms with E-state index in [1.807, 2.05) is 12.1 Å². The summed E-state index contributed by atoms with van der Waals surface area (Å²) in [5, 5.41) is 9.75. The van der Waals surface area contributed by atoms with E-state index in [1.54, 1.807) is 0 Å². The molecule has 1 aliphatic heterocycles. The van der Waals surface area contributed by atoms with E-state index in [4.69, 9.17) is 0 Å². The van der Waals surface area contributed by atoms with Gasteiger partial charge >= 0.3 is 0 Å². The molecule has 2 nitrogen and oxygen atoms in total. The van der Waals surface area contributed by atoms with Gasteiger partial charge in [-0.25, -0.2) is 0 Å². The maximum atomic E-state index is 9.75. The van der Waals surface area contributed by atoms with Crippen molar-refractivity contribution in [3.8, 4) is 5.75 Å². The number of phenols is 1. The van der Waals surface area contributed by atoms with Crippen LogP contribution in [0.4, 0.5) is 0 Å². The molecular formula is C17H23NO. The SMILES string of the molecule is CN1CCC2CCC3CC2(Cc2ccc(O)cc23)C1. The van der Waals surface area contributed by atoms with Crippen LogP contribution in [0.5, 0.6) is 5.75 Å². The van der Waals surface area contributed by atoms with E-state index in [0.29, 0.717) is 17.1 Å². The lowest BCUT2D eigenvalue weighted by Gasteiger charge is -2.55. The average molecular weight is 257 g/mol. The Balaban J connectivity index is 1.77. The number of piperidine rings is 1. The molecule has 0 amide bonds. The highest BCUT2D eigenvalue weighted by molar-refractivity contribution is 5.41. The van der Waals surface area contributed by atoms with Gasteiger partial charge in [0.2, 0.25) is 0 Å². The molecule has 1 aromatic rings. The van der Waals surface area contributed by atoms with Gasteiger partial charge in [-0.05, 0) is 86.2 Å². The lowest BCUT2D eigenvalue weighted by atomic mass is 9.53. The topological polar surface area (TPSA) is 23.5 Å². The molecule has 1 N–H and O–H groups in total. The molecule has 19 heavy (non-hydrogen) atoms. The average Bonchev–Trinajstić information content (AvgIpc) is 2.39. The van der Waals surface area contributed by atoms with Crippen molar-refractivity contribution >= 4 is 0 Å². The van der Waals surface area contributed by atoms with Gasteiger partial charge in [0.15, 0.2) is 0 Å². The van der Waals surface area contributed by atoms with Gasteiger partial charge in [0.1, 0.15) is 5.75 Å². The Morgan fingerprint density at radius 3 is 3.05 bits per heavy atom. The van der Waals surface area contributed by atoms with Gasteiger partial charge in [-0.1, -0.05) is 6.07 Å². The van der Waals surface area contributed by atoms with Crippen molar-refractivity contribution in [2.45, 2.75) is 38.0 Å². The summed E-state index contributed by atoms with van der Waals surface area (Å²) in [5.74, 6) is 2.07. The summed E-state index contributed by atoms with van der Waals surface area (Å²) in [6.07, 6.45) is 6.68. The molecule has 3 aliphatic rings. The predicted octanol–water partition coefficient (Wildman–Crippen LogP) is 3.15. The summed E-state index contributed by atoms with van der Waals surface area (Å²) in [7, 11) is 2.28. The minimum absolute atomic E-state index is 0.442. The van der Waals surface area contributed by atoms with E-state index in [0.717, 1.165) is 5.92 Å². The number of rotatable bonds is 0. The zero-order chi connectivity index (χ0) is 13.0. The summed E-state index contributed by atoms with van der Waals surface area (Å²) >= 11 is 0. The number of hydrogen-bond donors (Lipinski definition) is 1. The molecule has 1 saturated carbocycles. The Kier molecular flexibility index (Phi) is 2.47. The van der Waals surface area contributed by atoms with Crippen LogP contribution >= 0.6 is 0 Å². The van der Waals surface area contributed by atoms with E-state index in [9.17, 15) is 5.11 Å². The number of aromatic hydroxyl groups is 1. The smallest absolute Gasteiger partial charge is 0.115 e. The van der Waals surface area contributed by atoms with Gasteiger partial charge in [-0.2, -0.15) is 0 Å². The zero-order valence-corrected chi connectivity index (χ0v) is 11.7. The molecule has 1 aromatic carbocycles. The van der Waals surface area contributed by atoms with Gasteiger partial charge < -0.3 is 10.0 Å². The highest BCUT2D eigenvalue weighted by atomic mass is 16.3. The normalized spacial score (nSPS) is 37.5. The summed E-state index contributed by atoms with van der Waals surface area (Å²) in [4.78, 5) is 2.53. The van der Waals surface area contributed by atoms with E-state index in [-0.39, 0.29) is 0 Å². The Morgan fingerprint density at radius 1 is 1.26 bits per heavy atom. The van der Waals surface area contributed by atoms with Crippen LogP contribution in [0, 0.1) is 11.3 Å². The first kappa shape index (κ1) is 11.8. The fourth-order valence-corrected chi connectivity index (χ4v) is 5.15. The van der Waals surface area contributed by atoms with Crippen LogP contribution in [-0.4, -0.2) is 30.1 Å². The van der Waals surface area contributed by atoms with Crippen molar-refractivity contribution in [2.75, 3.05) is 20.1 Å². The molecule has 2 heteroatoms. The largest absolute Gasteiger partial charge is 0.508 e. The minimum Gasteiger partial charge on any atom is -0.508 e. The highest BCUT2D eigenvalue weighted by Crippen LogP contribution is 2.56. The number of benzene rings is 1. The fraction of sp³-hybridized carbons (Fsp3) is 0.647. The second-order valence-corrected chi connectivity index (χ2v) is 7.12. The van der Waals surface area contributed by atoms with Crippen LogP contribution in [0.25, 0.3) is 0 Å². The zero-order valence-electron chi connectivity index (χ0n) is 11.7. The second-order valence-electron chi connectivity index (χ2n) is 7.12. The fourth-order valence-electron chi connectivity index (χ4n) is 5.15. The van der Waals surface area contributed by atoms with Gasteiger partial charge in [-0.3, -0.25) is 0 Å². The Bertz CT molecular complexity index is 512. The molecule has 3 unspecified atom stereocenters. The summed E-state index contributed by atoms with van der Waals surface area (Å²) in [6, 6.07) is 6.08. The van der Waals surface area contributed by atoms with Crippen LogP contribution in [0.1, 0.15) is 42.7 Å². The van der Waals surface area contributed by atoms with E-state index >= 15 is 0 Å². The third kappa shape index (κ3) is 1.73. The lowest BCUT2D eigenvalue weighted by Crippen LogP contribution is -2.52. The van der Waals surface area contributed by atoms with Crippen molar-refractivity contribution in [3.63, 3.8) is 0 Å². The summed E-state index contributed by atoms with van der Waals surface area (Å²) in [6.45, 7) is 2.55. The van der Waals surface area contributed by atoms with Gasteiger partial charge in [0.05, 0.1) is 0 Å². The Morgan fingerprint density at radius 2 is 2.16 bits per heavy atom. The van der Waals surface area contributed by atoms with Crippen LogP contribution in [-0.2, 0) is 6.42 Å². The van der Waals surface area contributed by atoms with Crippen molar-refractivity contribution in [1.82, 2.24) is 4.90 Å². The third-order valence-electron chi connectivity index (χ3n) is 5.94. The van der Waals surface area contributed by atoms with Gasteiger partial charge in [0, 0.05) is 6.54 Å². The first-order valence-electron chi connectivity index (χ1n) is 7.67. The molecule has 102 valence electrons. The molecule has 2 bridgehead atoms. The molecule has 1 heterocycles. The Labute approximate surface area is 115 Å². The molecule has 3 atom stereocenters. The molecule has 1 saturated heterocycles. The monoisotopic (exact) mass is 257 g/mol. The quantitative estimate of drug-likeness (QED) is 0.771. The maximum Gasteiger partial charge on any atom is 0.115 e. The first-order chi connectivity index (χ1) is 9.16. The minimum atomic E-state index is 0.442. The number of nitrogens with zero attached hydrogens (tertiary/aromatic N) is 1. The van der Waals surface area contributed by atoms with Crippen LogP contribution < -0.4 is 0 Å². The Hall–Kier alpha value is -1.02. The number of phenolic OH excluding ortho intramolecular Hbond substituents is 1. The van der Waals surface area contributed by atoms with Gasteiger partial charge in [-0.15, -0.1) is 0 Å². The maximum absolute atomic E-state index is 9.75. The molecule has 4 rings (SSSR count). The van der Waals surface area contributed by atoms with Crippen molar-refractivity contribution in [3.05, 3.63) is 29.3 Å². The van der Waals surface area contributed by atoms with Crippen molar-refractivity contribution < 1.29 is 5.11 Å². The van der Waals surface area contributed by atoms with Crippen molar-refractivity contribution in [2.24, 2.45) is 11.3 Å². The molecule has 1 spiro atoms. The van der Waals surface area contributed by atoms with Crippen LogP contribution in [0.15, 0.2) is 18.2 Å². The molecule has 2 aliphatic carbocycles. The number of fused-ring (bicyclic) bond motifs is 3. The number of likely N-dealkylation sites (tertiary alicyclic amines) is 1.